The summed E-state index contributed by atoms with van der Waals surface area (Å²) in [6, 6.07) is 5.94. The number of benzene rings is 1. The van der Waals surface area contributed by atoms with Crippen LogP contribution in [0.25, 0.3) is 10.2 Å². The highest BCUT2D eigenvalue weighted by Gasteiger charge is 2.31. The van der Waals surface area contributed by atoms with Crippen LogP contribution in [0.2, 0.25) is 0 Å². The Labute approximate surface area is 258 Å². The summed E-state index contributed by atoms with van der Waals surface area (Å²) in [7, 11) is -1.44. The summed E-state index contributed by atoms with van der Waals surface area (Å²) < 4.78 is 30.1. The number of sulfone groups is 1. The lowest BCUT2D eigenvalue weighted by atomic mass is 9.87. The van der Waals surface area contributed by atoms with Crippen LogP contribution >= 0.6 is 11.3 Å². The largest absolute Gasteiger partial charge is 0.381 e. The van der Waals surface area contributed by atoms with Gasteiger partial charge in [-0.3, -0.25) is 19.3 Å². The third kappa shape index (κ3) is 9.66. The lowest BCUT2D eigenvalue weighted by molar-refractivity contribution is -0.131. The number of aromatic nitrogens is 1. The van der Waals surface area contributed by atoms with Crippen molar-refractivity contribution in [2.45, 2.75) is 57.9 Å². The van der Waals surface area contributed by atoms with Gasteiger partial charge in [0.05, 0.1) is 32.6 Å². The zero-order chi connectivity index (χ0) is 31.0. The van der Waals surface area contributed by atoms with E-state index < -0.39 is 15.8 Å². The fraction of sp³-hybridized carbons (Fsp3) is 0.613. The summed E-state index contributed by atoms with van der Waals surface area (Å²) in [6.45, 7) is 8.43. The first-order valence-electron chi connectivity index (χ1n) is 15.2. The number of fused-ring (bicyclic) bond motifs is 1. The molecule has 12 heteroatoms. The molecule has 0 spiro atoms. The molecule has 43 heavy (non-hydrogen) atoms. The van der Waals surface area contributed by atoms with Gasteiger partial charge in [-0.15, -0.1) is 11.3 Å². The zero-order valence-corrected chi connectivity index (χ0v) is 26.9. The molecule has 1 aromatic carbocycles. The van der Waals surface area contributed by atoms with Crippen LogP contribution in [0, 0.1) is 11.8 Å². The number of carbonyl (C=O) groups is 3. The number of hydrogen-bond acceptors (Lipinski definition) is 9. The molecule has 1 aromatic heterocycles. The summed E-state index contributed by atoms with van der Waals surface area (Å²) in [6.07, 6.45) is 3.56. The van der Waals surface area contributed by atoms with Gasteiger partial charge in [-0.05, 0) is 49.3 Å². The van der Waals surface area contributed by atoms with Gasteiger partial charge in [-0.2, -0.15) is 0 Å². The Morgan fingerprint density at radius 2 is 1.91 bits per heavy atom. The Morgan fingerprint density at radius 1 is 1.19 bits per heavy atom. The highest BCUT2D eigenvalue weighted by molar-refractivity contribution is 7.91. The quantitative estimate of drug-likeness (QED) is 0.304. The Balaban J connectivity index is 1.42. The molecule has 0 unspecified atom stereocenters. The first-order chi connectivity index (χ1) is 20.6. The zero-order valence-electron chi connectivity index (χ0n) is 25.2. The topological polar surface area (TPSA) is 135 Å². The highest BCUT2D eigenvalue weighted by Crippen LogP contribution is 2.28. The summed E-state index contributed by atoms with van der Waals surface area (Å²) in [5, 5.41) is 6.67. The van der Waals surface area contributed by atoms with E-state index in [9.17, 15) is 22.8 Å². The fourth-order valence-corrected chi connectivity index (χ4v) is 8.08. The number of Topliss-reactive ketones (excluding diaryl/α,β-unsaturated/α-hetero) is 1. The molecule has 2 amide bonds. The highest BCUT2D eigenvalue weighted by atomic mass is 32.2. The standard InChI is InChI=1S/C31H44N4O6S2/c1-4-22-5-6-26-28(17-22)42-30(33-26)19-24(18-29(37)32-3)31(38)34-25(23-9-13-41-14-10-23)7-8-27(36)21(2)20-35-11-15-43(39,40)16-12-35/h5-6,17,23-25H,2,4,7-16,18-20H2,1,3H3,(H,32,37)(H,34,38)/t24-,25+/m0/s1. The third-order valence-corrected chi connectivity index (χ3v) is 11.1. The molecule has 2 N–H and O–H groups in total. The first kappa shape index (κ1) is 33.2. The number of ketones is 1. The summed E-state index contributed by atoms with van der Waals surface area (Å²) in [4.78, 5) is 46.0. The van der Waals surface area contributed by atoms with Crippen molar-refractivity contribution in [2.24, 2.45) is 11.8 Å². The molecule has 2 aliphatic heterocycles. The molecule has 0 bridgehead atoms. The second-order valence-electron chi connectivity index (χ2n) is 11.6. The van der Waals surface area contributed by atoms with Gasteiger partial charge in [0.25, 0.3) is 0 Å². The summed E-state index contributed by atoms with van der Waals surface area (Å²) in [5.74, 6) is -0.761. The number of nitrogens with one attached hydrogen (secondary N) is 2. The average molecular weight is 633 g/mol. The second-order valence-corrected chi connectivity index (χ2v) is 15.0. The third-order valence-electron chi connectivity index (χ3n) is 8.50. The van der Waals surface area contributed by atoms with Crippen LogP contribution in [0.4, 0.5) is 0 Å². The maximum absolute atomic E-state index is 13.8. The second kappa shape index (κ2) is 15.4. The summed E-state index contributed by atoms with van der Waals surface area (Å²) >= 11 is 1.55. The van der Waals surface area contributed by atoms with Crippen LogP contribution in [0.3, 0.4) is 0 Å². The Morgan fingerprint density at radius 3 is 2.58 bits per heavy atom. The SMILES string of the molecule is C=C(CN1CCS(=O)(=O)CC1)C(=O)CC[C@@H](NC(=O)[C@@H](CC(=O)NC)Cc1nc2ccc(CC)cc2s1)C1CCOCC1. The average Bonchev–Trinajstić information content (AvgIpc) is 3.41. The van der Waals surface area contributed by atoms with Crippen molar-refractivity contribution in [3.63, 3.8) is 0 Å². The monoisotopic (exact) mass is 632 g/mol. The molecule has 2 atom stereocenters. The van der Waals surface area contributed by atoms with Crippen LogP contribution < -0.4 is 10.6 Å². The van der Waals surface area contributed by atoms with Gasteiger partial charge in [-0.25, -0.2) is 13.4 Å². The van der Waals surface area contributed by atoms with Gasteiger partial charge in [-0.1, -0.05) is 19.6 Å². The van der Waals surface area contributed by atoms with E-state index in [4.69, 9.17) is 9.72 Å². The molecule has 2 aliphatic rings. The lowest BCUT2D eigenvalue weighted by Crippen LogP contribution is -2.46. The van der Waals surface area contributed by atoms with Gasteiger partial charge in [0, 0.05) is 70.8 Å². The van der Waals surface area contributed by atoms with E-state index in [1.807, 2.05) is 11.0 Å². The van der Waals surface area contributed by atoms with Gasteiger partial charge in [0.15, 0.2) is 15.6 Å². The van der Waals surface area contributed by atoms with Crippen molar-refractivity contribution in [2.75, 3.05) is 51.4 Å². The molecular weight excluding hydrogens is 588 g/mol. The van der Waals surface area contributed by atoms with E-state index >= 15 is 0 Å². The van der Waals surface area contributed by atoms with E-state index in [1.54, 1.807) is 18.4 Å². The fourth-order valence-electron chi connectivity index (χ4n) is 5.69. The summed E-state index contributed by atoms with van der Waals surface area (Å²) in [5.41, 5.74) is 2.57. The molecule has 2 fully saturated rings. The number of rotatable bonds is 14. The molecule has 0 saturated carbocycles. The predicted molar refractivity (Wildman–Crippen MR) is 169 cm³/mol. The van der Waals surface area contributed by atoms with Crippen molar-refractivity contribution in [1.29, 1.82) is 0 Å². The van der Waals surface area contributed by atoms with E-state index in [2.05, 4.69) is 36.3 Å². The molecule has 4 rings (SSSR count). The minimum atomic E-state index is -3.00. The van der Waals surface area contributed by atoms with Crippen molar-refractivity contribution in [1.82, 2.24) is 20.5 Å². The van der Waals surface area contributed by atoms with E-state index in [1.165, 1.54) is 5.56 Å². The molecule has 10 nitrogen and oxygen atoms in total. The smallest absolute Gasteiger partial charge is 0.224 e. The normalized spacial score (nSPS) is 19.0. The van der Waals surface area contributed by atoms with Gasteiger partial charge in [0.2, 0.25) is 11.8 Å². The number of amides is 2. The van der Waals surface area contributed by atoms with Crippen LogP contribution in [0.5, 0.6) is 0 Å². The molecule has 2 saturated heterocycles. The molecule has 3 heterocycles. The van der Waals surface area contributed by atoms with Crippen molar-refractivity contribution in [3.05, 3.63) is 40.9 Å². The van der Waals surface area contributed by atoms with Crippen LogP contribution in [0.15, 0.2) is 30.4 Å². The van der Waals surface area contributed by atoms with E-state index in [0.29, 0.717) is 51.3 Å². The minimum Gasteiger partial charge on any atom is -0.381 e. The first-order valence-corrected chi connectivity index (χ1v) is 17.8. The Bertz CT molecular complexity index is 1400. The number of aryl methyl sites for hydroxylation is 1. The molecule has 0 radical (unpaired) electrons. The number of carbonyl (C=O) groups excluding carboxylic acids is 3. The minimum absolute atomic E-state index is 0.0419. The number of hydrogen-bond donors (Lipinski definition) is 2. The van der Waals surface area contributed by atoms with Gasteiger partial charge in [0.1, 0.15) is 0 Å². The molecule has 0 aliphatic carbocycles. The molecule has 236 valence electrons. The van der Waals surface area contributed by atoms with E-state index in [-0.39, 0.29) is 53.9 Å². The van der Waals surface area contributed by atoms with E-state index in [0.717, 1.165) is 34.5 Å². The molecule has 2 aromatic rings. The van der Waals surface area contributed by atoms with Gasteiger partial charge < -0.3 is 15.4 Å². The maximum atomic E-state index is 13.8. The van der Waals surface area contributed by atoms with Crippen molar-refractivity contribution >= 4 is 49.0 Å². The maximum Gasteiger partial charge on any atom is 0.224 e. The Kier molecular flexibility index (Phi) is 11.9. The van der Waals surface area contributed by atoms with Gasteiger partial charge >= 0.3 is 0 Å². The predicted octanol–water partition coefficient (Wildman–Crippen LogP) is 2.70. The van der Waals surface area contributed by atoms with Crippen molar-refractivity contribution in [3.8, 4) is 0 Å². The Hall–Kier alpha value is -2.67. The van der Waals surface area contributed by atoms with Crippen LogP contribution in [0.1, 0.15) is 49.6 Å². The van der Waals surface area contributed by atoms with Crippen LogP contribution in [-0.2, 0) is 41.8 Å². The molecular formula is C31H44N4O6S2. The lowest BCUT2D eigenvalue weighted by Gasteiger charge is -2.32. The van der Waals surface area contributed by atoms with Crippen LogP contribution in [-0.4, -0.2) is 93.3 Å². The van der Waals surface area contributed by atoms with Crippen molar-refractivity contribution < 1.29 is 27.5 Å². The number of ether oxygens (including phenoxy) is 1. The number of nitrogens with zero attached hydrogens (tertiary/aromatic N) is 2. The number of thiazole rings is 1.